The Morgan fingerprint density at radius 2 is 0.900 bits per heavy atom. The zero-order valence-corrected chi connectivity index (χ0v) is 19.6. The first-order valence-corrected chi connectivity index (χ1v) is 12.0. The lowest BCUT2D eigenvalue weighted by molar-refractivity contribution is -0.210. The summed E-state index contributed by atoms with van der Waals surface area (Å²) in [5.74, 6) is -4.45. The summed E-state index contributed by atoms with van der Waals surface area (Å²) in [6.45, 7) is 8.61. The molecule has 0 N–H and O–H groups in total. The lowest BCUT2D eigenvalue weighted by atomic mass is 10.1. The Balaban J connectivity index is 5.20. The molecule has 0 radical (unpaired) electrons. The zero-order valence-electron chi connectivity index (χ0n) is 18.6. The van der Waals surface area contributed by atoms with Crippen LogP contribution in [0.25, 0.3) is 0 Å². The molecule has 0 aliphatic heterocycles. The molecule has 0 bridgehead atoms. The maximum Gasteiger partial charge on any atom is 0.582 e. The molecular formula is C19H35F7O3Si. The van der Waals surface area contributed by atoms with Gasteiger partial charge in [0.05, 0.1) is 0 Å². The Morgan fingerprint density at radius 1 is 0.567 bits per heavy atom. The van der Waals surface area contributed by atoms with Crippen molar-refractivity contribution in [1.29, 1.82) is 0 Å². The fourth-order valence-electron chi connectivity index (χ4n) is 2.82. The maximum absolute atomic E-state index is 15.2. The van der Waals surface area contributed by atoms with Crippen molar-refractivity contribution in [2.24, 2.45) is 0 Å². The summed E-state index contributed by atoms with van der Waals surface area (Å²) in [6, 6.07) is 0. The summed E-state index contributed by atoms with van der Waals surface area (Å²) in [5, 5.41) is 0. The van der Waals surface area contributed by atoms with Crippen molar-refractivity contribution < 1.29 is 44.0 Å². The van der Waals surface area contributed by atoms with Gasteiger partial charge in [-0.25, -0.2) is 0 Å². The van der Waals surface area contributed by atoms with Gasteiger partial charge < -0.3 is 13.3 Å². The first kappa shape index (κ1) is 29.6. The van der Waals surface area contributed by atoms with Crippen LogP contribution >= 0.6 is 0 Å². The molecule has 3 nitrogen and oxygen atoms in total. The predicted octanol–water partition coefficient (Wildman–Crippen LogP) is 7.30. The number of hydrogen-bond donors (Lipinski definition) is 0. The van der Waals surface area contributed by atoms with Gasteiger partial charge in [0.2, 0.25) is 0 Å². The van der Waals surface area contributed by atoms with Crippen LogP contribution in [-0.2, 0) is 13.3 Å². The van der Waals surface area contributed by atoms with Crippen molar-refractivity contribution >= 4 is 8.80 Å². The summed E-state index contributed by atoms with van der Waals surface area (Å²) in [6.07, 6.45) is -8.62. The van der Waals surface area contributed by atoms with Gasteiger partial charge >= 0.3 is 26.4 Å². The van der Waals surface area contributed by atoms with Crippen LogP contribution in [0.15, 0.2) is 0 Å². The first-order valence-electron chi connectivity index (χ1n) is 10.3. The number of alkyl halides is 7. The van der Waals surface area contributed by atoms with Gasteiger partial charge in [0.15, 0.2) is 0 Å². The molecule has 0 fully saturated rings. The second kappa shape index (κ2) is 12.0. The summed E-state index contributed by atoms with van der Waals surface area (Å²) in [7, 11) is -5.16. The molecule has 0 aromatic heterocycles. The Kier molecular flexibility index (Phi) is 11.9. The Hall–Kier alpha value is -0.393. The fraction of sp³-hybridized carbons (Fsp3) is 1.00. The molecule has 0 heterocycles. The van der Waals surface area contributed by atoms with Crippen LogP contribution in [0.5, 0.6) is 0 Å². The highest BCUT2D eigenvalue weighted by molar-refractivity contribution is 6.64. The molecule has 0 saturated carbocycles. The predicted molar refractivity (Wildman–Crippen MR) is 103 cm³/mol. The van der Waals surface area contributed by atoms with Gasteiger partial charge in [-0.05, 0) is 54.4 Å². The van der Waals surface area contributed by atoms with Gasteiger partial charge in [0.25, 0.3) is 0 Å². The monoisotopic (exact) mass is 472 g/mol. The molecule has 0 aromatic carbocycles. The van der Waals surface area contributed by atoms with E-state index >= 15 is 8.78 Å². The third kappa shape index (κ3) is 9.82. The van der Waals surface area contributed by atoms with E-state index in [2.05, 4.69) is 0 Å². The average molecular weight is 473 g/mol. The molecule has 0 unspecified atom stereocenters. The molecule has 11 heteroatoms. The van der Waals surface area contributed by atoms with Crippen LogP contribution in [0.3, 0.4) is 0 Å². The summed E-state index contributed by atoms with van der Waals surface area (Å²) in [5.41, 5.74) is -4.67. The van der Waals surface area contributed by atoms with Gasteiger partial charge in [-0.1, -0.05) is 19.3 Å². The standard InChI is InChI=1S/C19H35F7O3Si/c1-14(2)27-30(28-15(3)4,29-16(5)6)19(25,26)17(20,21)12-10-8-7-9-11-13-18(22,23)24/h14-16H,7-13H2,1-6H3. The van der Waals surface area contributed by atoms with E-state index in [1.54, 1.807) is 0 Å². The lowest BCUT2D eigenvalue weighted by Crippen LogP contribution is -2.70. The number of rotatable bonds is 15. The van der Waals surface area contributed by atoms with E-state index in [9.17, 15) is 22.0 Å². The molecule has 0 amide bonds. The highest BCUT2D eigenvalue weighted by atomic mass is 28.4. The molecule has 0 aromatic rings. The van der Waals surface area contributed by atoms with Crippen LogP contribution < -0.4 is 0 Å². The molecule has 182 valence electrons. The first-order chi connectivity index (χ1) is 13.5. The van der Waals surface area contributed by atoms with Crippen molar-refractivity contribution in [3.8, 4) is 0 Å². The summed E-state index contributed by atoms with van der Waals surface area (Å²) in [4.78, 5) is 0. The molecule has 30 heavy (non-hydrogen) atoms. The van der Waals surface area contributed by atoms with Crippen LogP contribution in [0.1, 0.15) is 86.5 Å². The highest BCUT2D eigenvalue weighted by Gasteiger charge is 2.77. The van der Waals surface area contributed by atoms with Crippen molar-refractivity contribution in [1.82, 2.24) is 0 Å². The minimum atomic E-state index is -5.16. The molecule has 0 atom stereocenters. The van der Waals surface area contributed by atoms with Gasteiger partial charge in [-0.3, -0.25) is 0 Å². The normalized spacial score (nSPS) is 14.4. The number of hydrogen-bond acceptors (Lipinski definition) is 3. The van der Waals surface area contributed by atoms with E-state index in [0.29, 0.717) is 0 Å². The van der Waals surface area contributed by atoms with E-state index in [4.69, 9.17) is 13.3 Å². The quantitative estimate of drug-likeness (QED) is 0.142. The van der Waals surface area contributed by atoms with Crippen molar-refractivity contribution in [3.63, 3.8) is 0 Å². The van der Waals surface area contributed by atoms with E-state index in [1.165, 1.54) is 41.5 Å². The van der Waals surface area contributed by atoms with Crippen molar-refractivity contribution in [2.75, 3.05) is 0 Å². The summed E-state index contributed by atoms with van der Waals surface area (Å²) >= 11 is 0. The minimum Gasteiger partial charge on any atom is -0.367 e. The van der Waals surface area contributed by atoms with Crippen LogP contribution in [0, 0.1) is 0 Å². The van der Waals surface area contributed by atoms with Crippen molar-refractivity contribution in [2.45, 2.75) is 122 Å². The van der Waals surface area contributed by atoms with Gasteiger partial charge in [0.1, 0.15) is 0 Å². The second-order valence-corrected chi connectivity index (χ2v) is 10.7. The number of halogens is 7. The average Bonchev–Trinajstić information content (AvgIpc) is 2.50. The van der Waals surface area contributed by atoms with E-state index in [-0.39, 0.29) is 32.1 Å². The van der Waals surface area contributed by atoms with Crippen LogP contribution in [0.4, 0.5) is 30.7 Å². The molecule has 0 spiro atoms. The summed E-state index contributed by atoms with van der Waals surface area (Å²) < 4.78 is 112. The third-order valence-electron chi connectivity index (χ3n) is 3.97. The topological polar surface area (TPSA) is 27.7 Å². The smallest absolute Gasteiger partial charge is 0.367 e. The van der Waals surface area contributed by atoms with Gasteiger partial charge in [-0.15, -0.1) is 0 Å². The van der Waals surface area contributed by atoms with Gasteiger partial charge in [0, 0.05) is 31.2 Å². The molecule has 0 rings (SSSR count). The van der Waals surface area contributed by atoms with E-state index in [0.717, 1.165) is 0 Å². The Labute approximate surface area is 176 Å². The van der Waals surface area contributed by atoms with E-state index in [1.807, 2.05) is 0 Å². The van der Waals surface area contributed by atoms with Crippen LogP contribution in [0.2, 0.25) is 0 Å². The molecule has 0 saturated heterocycles. The third-order valence-corrected chi connectivity index (χ3v) is 7.45. The SMILES string of the molecule is CC(C)O[Si](OC(C)C)(OC(C)C)C(F)(F)C(F)(F)CCCCCCCC(F)(F)F. The molecule has 0 aliphatic rings. The molecule has 0 aliphatic carbocycles. The Morgan fingerprint density at radius 3 is 1.23 bits per heavy atom. The van der Waals surface area contributed by atoms with E-state index < -0.39 is 57.6 Å². The van der Waals surface area contributed by atoms with Crippen LogP contribution in [-0.4, -0.2) is 44.8 Å². The lowest BCUT2D eigenvalue weighted by Gasteiger charge is -2.41. The minimum absolute atomic E-state index is 0.112. The van der Waals surface area contributed by atoms with Crippen molar-refractivity contribution in [3.05, 3.63) is 0 Å². The zero-order chi connectivity index (χ0) is 23.8. The fourth-order valence-corrected chi connectivity index (χ4v) is 5.87. The highest BCUT2D eigenvalue weighted by Crippen LogP contribution is 2.47. The molecular weight excluding hydrogens is 437 g/mol. The van der Waals surface area contributed by atoms with Gasteiger partial charge in [-0.2, -0.15) is 30.7 Å². The number of unbranched alkanes of at least 4 members (excludes halogenated alkanes) is 4. The second-order valence-electron chi connectivity index (χ2n) is 8.22. The largest absolute Gasteiger partial charge is 0.582 e. The maximum atomic E-state index is 15.2. The Bertz CT molecular complexity index is 457.